The molecule has 1 N–H and O–H groups in total. The Balaban J connectivity index is 1.74. The van der Waals surface area contributed by atoms with Gasteiger partial charge < -0.3 is 10.1 Å². The number of hydrogen-bond acceptors (Lipinski definition) is 3. The first kappa shape index (κ1) is 13.2. The lowest BCUT2D eigenvalue weighted by Gasteiger charge is -2.08. The highest BCUT2D eigenvalue weighted by molar-refractivity contribution is 9.10. The quantitative estimate of drug-likeness (QED) is 0.843. The standard InChI is InChI=1S/C13H12BrClN2O/c14-10-1-3-12(4-2-10)17-5-6-18-13-7-11(15)8-16-9-13/h1-4,7-9,17H,5-6H2. The largest absolute Gasteiger partial charge is 0.490 e. The van der Waals surface area contributed by atoms with E-state index in [1.165, 1.54) is 0 Å². The van der Waals surface area contributed by atoms with E-state index in [1.54, 1.807) is 18.5 Å². The zero-order chi connectivity index (χ0) is 12.8. The minimum atomic E-state index is 0.554. The molecule has 0 unspecified atom stereocenters. The first-order valence-corrected chi connectivity index (χ1v) is 6.64. The van der Waals surface area contributed by atoms with Crippen molar-refractivity contribution in [3.63, 3.8) is 0 Å². The topological polar surface area (TPSA) is 34.1 Å². The summed E-state index contributed by atoms with van der Waals surface area (Å²) in [6, 6.07) is 9.73. The summed E-state index contributed by atoms with van der Waals surface area (Å²) in [5.41, 5.74) is 1.06. The summed E-state index contributed by atoms with van der Waals surface area (Å²) in [4.78, 5) is 3.95. The second kappa shape index (κ2) is 6.61. The Labute approximate surface area is 119 Å². The lowest BCUT2D eigenvalue weighted by Crippen LogP contribution is -2.11. The van der Waals surface area contributed by atoms with E-state index < -0.39 is 0 Å². The maximum atomic E-state index is 5.81. The van der Waals surface area contributed by atoms with Gasteiger partial charge in [0.15, 0.2) is 0 Å². The second-order valence-corrected chi connectivity index (χ2v) is 4.97. The van der Waals surface area contributed by atoms with E-state index in [-0.39, 0.29) is 0 Å². The molecule has 0 atom stereocenters. The fourth-order valence-corrected chi connectivity index (χ4v) is 1.83. The van der Waals surface area contributed by atoms with E-state index in [4.69, 9.17) is 16.3 Å². The van der Waals surface area contributed by atoms with Crippen molar-refractivity contribution in [1.29, 1.82) is 0 Å². The lowest BCUT2D eigenvalue weighted by molar-refractivity contribution is 0.331. The van der Waals surface area contributed by atoms with Crippen LogP contribution in [0.4, 0.5) is 5.69 Å². The van der Waals surface area contributed by atoms with Crippen LogP contribution in [-0.4, -0.2) is 18.1 Å². The van der Waals surface area contributed by atoms with Gasteiger partial charge >= 0.3 is 0 Å². The van der Waals surface area contributed by atoms with Crippen LogP contribution in [0.1, 0.15) is 0 Å². The van der Waals surface area contributed by atoms with Gasteiger partial charge in [-0.25, -0.2) is 0 Å². The number of benzene rings is 1. The summed E-state index contributed by atoms with van der Waals surface area (Å²) < 4.78 is 6.58. The van der Waals surface area contributed by atoms with Crippen LogP contribution in [0.5, 0.6) is 5.75 Å². The Hall–Kier alpha value is -1.26. The SMILES string of the molecule is Clc1cncc(OCCNc2ccc(Br)cc2)c1. The smallest absolute Gasteiger partial charge is 0.139 e. The Kier molecular flexibility index (Phi) is 4.84. The normalized spacial score (nSPS) is 10.1. The van der Waals surface area contributed by atoms with Crippen LogP contribution >= 0.6 is 27.5 Å². The van der Waals surface area contributed by atoms with Crippen LogP contribution < -0.4 is 10.1 Å². The molecule has 0 aliphatic carbocycles. The summed E-state index contributed by atoms with van der Waals surface area (Å²) in [7, 11) is 0. The highest BCUT2D eigenvalue weighted by atomic mass is 79.9. The molecule has 94 valence electrons. The third kappa shape index (κ3) is 4.20. The fourth-order valence-electron chi connectivity index (χ4n) is 1.40. The summed E-state index contributed by atoms with van der Waals surface area (Å²) in [6.45, 7) is 1.27. The molecule has 5 heteroatoms. The maximum absolute atomic E-state index is 5.81. The zero-order valence-corrected chi connectivity index (χ0v) is 11.9. The van der Waals surface area contributed by atoms with E-state index in [0.29, 0.717) is 23.9 Å². The molecule has 0 aliphatic heterocycles. The lowest BCUT2D eigenvalue weighted by atomic mass is 10.3. The minimum absolute atomic E-state index is 0.554. The van der Waals surface area contributed by atoms with Crippen molar-refractivity contribution in [2.24, 2.45) is 0 Å². The van der Waals surface area contributed by atoms with Gasteiger partial charge in [0.2, 0.25) is 0 Å². The maximum Gasteiger partial charge on any atom is 0.139 e. The van der Waals surface area contributed by atoms with Crippen LogP contribution in [0.2, 0.25) is 5.02 Å². The number of aromatic nitrogens is 1. The first-order valence-electron chi connectivity index (χ1n) is 5.47. The van der Waals surface area contributed by atoms with Gasteiger partial charge in [-0.1, -0.05) is 27.5 Å². The van der Waals surface area contributed by atoms with Gasteiger partial charge in [-0.2, -0.15) is 0 Å². The molecule has 18 heavy (non-hydrogen) atoms. The molecule has 3 nitrogen and oxygen atoms in total. The van der Waals surface area contributed by atoms with Gasteiger partial charge in [0.05, 0.1) is 11.2 Å². The average Bonchev–Trinajstić information content (AvgIpc) is 2.37. The molecule has 0 aliphatic rings. The third-order valence-electron chi connectivity index (χ3n) is 2.22. The van der Waals surface area contributed by atoms with Gasteiger partial charge in [-0.15, -0.1) is 0 Å². The van der Waals surface area contributed by atoms with Crippen LogP contribution in [0.3, 0.4) is 0 Å². The van der Waals surface area contributed by atoms with E-state index in [1.807, 2.05) is 24.3 Å². The molecule has 2 rings (SSSR count). The molecule has 0 saturated heterocycles. The van der Waals surface area contributed by atoms with Crippen molar-refractivity contribution in [3.8, 4) is 5.75 Å². The zero-order valence-electron chi connectivity index (χ0n) is 9.57. The van der Waals surface area contributed by atoms with Crippen molar-refractivity contribution >= 4 is 33.2 Å². The van der Waals surface area contributed by atoms with Crippen LogP contribution in [-0.2, 0) is 0 Å². The number of rotatable bonds is 5. The number of nitrogens with zero attached hydrogens (tertiary/aromatic N) is 1. The highest BCUT2D eigenvalue weighted by Crippen LogP contribution is 2.15. The molecule has 0 fully saturated rings. The molecule has 1 aromatic heterocycles. The van der Waals surface area contributed by atoms with E-state index in [0.717, 1.165) is 10.2 Å². The summed E-state index contributed by atoms with van der Waals surface area (Å²) in [5.74, 6) is 0.681. The van der Waals surface area contributed by atoms with Crippen LogP contribution in [0.25, 0.3) is 0 Å². The van der Waals surface area contributed by atoms with Crippen molar-refractivity contribution in [1.82, 2.24) is 4.98 Å². The van der Waals surface area contributed by atoms with Crippen molar-refractivity contribution < 1.29 is 4.74 Å². The number of anilines is 1. The Bertz CT molecular complexity index is 505. The first-order chi connectivity index (χ1) is 8.74. The van der Waals surface area contributed by atoms with E-state index in [2.05, 4.69) is 26.2 Å². The van der Waals surface area contributed by atoms with Gasteiger partial charge in [0, 0.05) is 29.0 Å². The fraction of sp³-hybridized carbons (Fsp3) is 0.154. The summed E-state index contributed by atoms with van der Waals surface area (Å²) in [6.07, 6.45) is 3.22. The van der Waals surface area contributed by atoms with Gasteiger partial charge in [-0.3, -0.25) is 4.98 Å². The number of ether oxygens (including phenoxy) is 1. The average molecular weight is 328 g/mol. The number of hydrogen-bond donors (Lipinski definition) is 1. The molecular weight excluding hydrogens is 316 g/mol. The Morgan fingerprint density at radius 2 is 2.00 bits per heavy atom. The molecule has 2 aromatic rings. The van der Waals surface area contributed by atoms with Crippen LogP contribution in [0.15, 0.2) is 47.2 Å². The molecule has 0 bridgehead atoms. The molecule has 0 spiro atoms. The van der Waals surface area contributed by atoms with Gasteiger partial charge in [0.1, 0.15) is 12.4 Å². The predicted molar refractivity (Wildman–Crippen MR) is 77.4 cm³/mol. The predicted octanol–water partition coefficient (Wildman–Crippen LogP) is 3.99. The third-order valence-corrected chi connectivity index (χ3v) is 2.96. The second-order valence-electron chi connectivity index (χ2n) is 3.62. The van der Waals surface area contributed by atoms with Gasteiger partial charge in [-0.05, 0) is 24.3 Å². The highest BCUT2D eigenvalue weighted by Gasteiger charge is 1.96. The van der Waals surface area contributed by atoms with Crippen molar-refractivity contribution in [2.75, 3.05) is 18.5 Å². The number of nitrogens with one attached hydrogen (secondary N) is 1. The van der Waals surface area contributed by atoms with Crippen molar-refractivity contribution in [2.45, 2.75) is 0 Å². The van der Waals surface area contributed by atoms with Gasteiger partial charge in [0.25, 0.3) is 0 Å². The van der Waals surface area contributed by atoms with E-state index >= 15 is 0 Å². The molecule has 0 radical (unpaired) electrons. The number of halogens is 2. The number of pyridine rings is 1. The van der Waals surface area contributed by atoms with E-state index in [9.17, 15) is 0 Å². The molecule has 1 heterocycles. The molecular formula is C13H12BrClN2O. The molecule has 0 amide bonds. The molecule has 1 aromatic carbocycles. The van der Waals surface area contributed by atoms with Crippen LogP contribution in [0, 0.1) is 0 Å². The minimum Gasteiger partial charge on any atom is -0.490 e. The summed E-state index contributed by atoms with van der Waals surface area (Å²) in [5, 5.41) is 3.83. The summed E-state index contributed by atoms with van der Waals surface area (Å²) >= 11 is 9.20. The Morgan fingerprint density at radius 1 is 1.22 bits per heavy atom. The van der Waals surface area contributed by atoms with Crippen molar-refractivity contribution in [3.05, 3.63) is 52.2 Å². The molecule has 0 saturated carbocycles. The Morgan fingerprint density at radius 3 is 2.72 bits per heavy atom. The monoisotopic (exact) mass is 326 g/mol.